The number of hydrogen-bond acceptors (Lipinski definition) is 4. The highest BCUT2D eigenvalue weighted by Crippen LogP contribution is 2.21. The molecule has 1 aliphatic rings. The van der Waals surface area contributed by atoms with E-state index >= 15 is 0 Å². The summed E-state index contributed by atoms with van der Waals surface area (Å²) in [5, 5.41) is 6.69. The molecule has 1 heterocycles. The maximum Gasteiger partial charge on any atom is 0.222 e. The van der Waals surface area contributed by atoms with Gasteiger partial charge in [-0.05, 0) is 51.6 Å². The molecule has 2 rings (SSSR count). The molecule has 1 aliphatic heterocycles. The average Bonchev–Trinajstić information content (AvgIpc) is 3.10. The fourth-order valence-corrected chi connectivity index (χ4v) is 3.33. The second kappa shape index (κ2) is 11.5. The van der Waals surface area contributed by atoms with Gasteiger partial charge in [0.05, 0.1) is 19.7 Å². The quantitative estimate of drug-likeness (QED) is 0.363. The van der Waals surface area contributed by atoms with Crippen LogP contribution in [0.1, 0.15) is 37.8 Å². The first kappa shape index (κ1) is 22.0. The molecule has 1 aromatic rings. The fourth-order valence-electron chi connectivity index (χ4n) is 3.33. The fraction of sp³-hybridized carbons (Fsp3) is 0.619. The van der Waals surface area contributed by atoms with E-state index in [2.05, 4.69) is 48.7 Å². The number of benzene rings is 1. The first-order valence-corrected chi connectivity index (χ1v) is 10.2. The largest absolute Gasteiger partial charge is 0.497 e. The zero-order valence-corrected chi connectivity index (χ0v) is 17.7. The number of amides is 1. The zero-order chi connectivity index (χ0) is 20.4. The van der Waals surface area contributed by atoms with Gasteiger partial charge in [-0.1, -0.05) is 12.1 Å². The third-order valence-electron chi connectivity index (χ3n) is 4.96. The van der Waals surface area contributed by atoms with Crippen LogP contribution in [0.2, 0.25) is 0 Å². The van der Waals surface area contributed by atoms with Gasteiger partial charge < -0.3 is 25.2 Å². The lowest BCUT2D eigenvalue weighted by Crippen LogP contribution is -2.39. The molecule has 1 saturated heterocycles. The van der Waals surface area contributed by atoms with Gasteiger partial charge in [0.15, 0.2) is 5.96 Å². The number of methoxy groups -OCH3 is 1. The average molecular weight is 390 g/mol. The highest BCUT2D eigenvalue weighted by molar-refractivity contribution is 5.80. The summed E-state index contributed by atoms with van der Waals surface area (Å²) in [6, 6.07) is 8.33. The Hall–Kier alpha value is -2.28. The highest BCUT2D eigenvalue weighted by Gasteiger charge is 2.19. The number of hydrogen-bond donors (Lipinski definition) is 2. The van der Waals surface area contributed by atoms with Crippen molar-refractivity contribution in [1.29, 1.82) is 0 Å². The minimum absolute atomic E-state index is 0.184. The minimum Gasteiger partial charge on any atom is -0.497 e. The van der Waals surface area contributed by atoms with Gasteiger partial charge in [0.2, 0.25) is 5.91 Å². The van der Waals surface area contributed by atoms with Gasteiger partial charge in [-0.15, -0.1) is 0 Å². The number of guanidine groups is 1. The van der Waals surface area contributed by atoms with E-state index in [0.29, 0.717) is 13.0 Å². The molecule has 1 amide bonds. The van der Waals surface area contributed by atoms with Crippen molar-refractivity contribution >= 4 is 11.9 Å². The smallest absolute Gasteiger partial charge is 0.222 e. The van der Waals surface area contributed by atoms with Crippen LogP contribution in [0.5, 0.6) is 5.75 Å². The predicted octanol–water partition coefficient (Wildman–Crippen LogP) is 1.87. The van der Waals surface area contributed by atoms with Gasteiger partial charge in [0, 0.05) is 32.6 Å². The molecule has 1 atom stereocenters. The number of aliphatic imine (C=N–C) groups is 1. The second-order valence-corrected chi connectivity index (χ2v) is 7.24. The van der Waals surface area contributed by atoms with Gasteiger partial charge in [-0.3, -0.25) is 9.79 Å². The molecule has 1 fully saturated rings. The van der Waals surface area contributed by atoms with E-state index in [1.54, 1.807) is 7.11 Å². The third kappa shape index (κ3) is 6.71. The third-order valence-corrected chi connectivity index (χ3v) is 4.96. The molecule has 0 bridgehead atoms. The molecule has 2 N–H and O–H groups in total. The van der Waals surface area contributed by atoms with Gasteiger partial charge in [-0.25, -0.2) is 0 Å². The summed E-state index contributed by atoms with van der Waals surface area (Å²) in [5.41, 5.74) is 1.21. The minimum atomic E-state index is 0.184. The Bertz CT molecular complexity index is 630. The van der Waals surface area contributed by atoms with E-state index in [0.717, 1.165) is 50.7 Å². The Morgan fingerprint density at radius 1 is 1.29 bits per heavy atom. The number of carbonyl (C=O) groups excluding carboxylic acids is 1. The summed E-state index contributed by atoms with van der Waals surface area (Å²) in [7, 11) is 5.81. The van der Waals surface area contributed by atoms with Crippen LogP contribution in [0.3, 0.4) is 0 Å². The Morgan fingerprint density at radius 2 is 2.04 bits per heavy atom. The van der Waals surface area contributed by atoms with Crippen molar-refractivity contribution in [1.82, 2.24) is 20.4 Å². The molecule has 1 aromatic carbocycles. The van der Waals surface area contributed by atoms with Crippen molar-refractivity contribution in [3.63, 3.8) is 0 Å². The normalized spacial score (nSPS) is 15.8. The van der Waals surface area contributed by atoms with Crippen LogP contribution in [0.15, 0.2) is 29.3 Å². The molecule has 156 valence electrons. The van der Waals surface area contributed by atoms with Crippen LogP contribution in [0.25, 0.3) is 0 Å². The van der Waals surface area contributed by atoms with Crippen LogP contribution < -0.4 is 15.4 Å². The highest BCUT2D eigenvalue weighted by atomic mass is 16.5. The van der Waals surface area contributed by atoms with Gasteiger partial charge >= 0.3 is 0 Å². The summed E-state index contributed by atoms with van der Waals surface area (Å²) in [6.07, 6.45) is 2.62. The molecular weight excluding hydrogens is 354 g/mol. The topological polar surface area (TPSA) is 69.2 Å². The molecule has 0 aliphatic carbocycles. The number of rotatable bonds is 10. The molecule has 7 nitrogen and oxygen atoms in total. The van der Waals surface area contributed by atoms with Crippen LogP contribution in [-0.2, 0) is 4.79 Å². The summed E-state index contributed by atoms with van der Waals surface area (Å²) in [4.78, 5) is 20.6. The maximum atomic E-state index is 11.7. The lowest BCUT2D eigenvalue weighted by atomic mass is 10.1. The first-order valence-electron chi connectivity index (χ1n) is 10.2. The Kier molecular flexibility index (Phi) is 9.07. The first-order chi connectivity index (χ1) is 13.5. The predicted molar refractivity (Wildman–Crippen MR) is 114 cm³/mol. The molecule has 0 spiro atoms. The van der Waals surface area contributed by atoms with Gasteiger partial charge in [0.25, 0.3) is 0 Å². The van der Waals surface area contributed by atoms with E-state index in [9.17, 15) is 4.79 Å². The molecule has 7 heteroatoms. The van der Waals surface area contributed by atoms with Crippen molar-refractivity contribution in [2.24, 2.45) is 4.99 Å². The number of nitrogens with one attached hydrogen (secondary N) is 2. The number of likely N-dealkylation sites (N-methyl/N-ethyl adjacent to an activating group) is 1. The molecule has 1 unspecified atom stereocenters. The van der Waals surface area contributed by atoms with Crippen molar-refractivity contribution in [3.8, 4) is 5.75 Å². The van der Waals surface area contributed by atoms with E-state index in [-0.39, 0.29) is 11.9 Å². The van der Waals surface area contributed by atoms with Gasteiger partial charge in [-0.2, -0.15) is 0 Å². The van der Waals surface area contributed by atoms with Gasteiger partial charge in [0.1, 0.15) is 5.75 Å². The van der Waals surface area contributed by atoms with Crippen molar-refractivity contribution < 1.29 is 9.53 Å². The van der Waals surface area contributed by atoms with E-state index < -0.39 is 0 Å². The summed E-state index contributed by atoms with van der Waals surface area (Å²) < 4.78 is 5.25. The van der Waals surface area contributed by atoms with Crippen LogP contribution in [0.4, 0.5) is 0 Å². The van der Waals surface area contributed by atoms with E-state index in [1.807, 2.05) is 17.0 Å². The van der Waals surface area contributed by atoms with E-state index in [4.69, 9.17) is 9.73 Å². The monoisotopic (exact) mass is 389 g/mol. The lowest BCUT2D eigenvalue weighted by molar-refractivity contribution is -0.127. The number of carbonyl (C=O) groups is 1. The number of ether oxygens (including phenoxy) is 1. The summed E-state index contributed by atoms with van der Waals surface area (Å²) in [6.45, 7) is 6.04. The maximum absolute atomic E-state index is 11.7. The van der Waals surface area contributed by atoms with Crippen LogP contribution in [-0.4, -0.2) is 75.6 Å². The number of nitrogens with zero attached hydrogens (tertiary/aromatic N) is 3. The standard InChI is InChI=1S/C21H35N5O2/c1-5-22-21(23-13-7-15-26-14-6-8-20(26)27)24-16-19(25(2)3)17-9-11-18(28-4)12-10-17/h9-12,19H,5-8,13-16H2,1-4H3,(H2,22,23,24). The second-order valence-electron chi connectivity index (χ2n) is 7.24. The molecular formula is C21H35N5O2. The summed E-state index contributed by atoms with van der Waals surface area (Å²) >= 11 is 0. The van der Waals surface area contributed by atoms with Crippen LogP contribution >= 0.6 is 0 Å². The molecule has 0 radical (unpaired) electrons. The zero-order valence-electron chi connectivity index (χ0n) is 17.7. The van der Waals surface area contributed by atoms with Crippen LogP contribution in [0, 0.1) is 0 Å². The number of likely N-dealkylation sites (tertiary alicyclic amines) is 1. The Labute approximate surface area is 169 Å². The molecule has 28 heavy (non-hydrogen) atoms. The van der Waals surface area contributed by atoms with E-state index in [1.165, 1.54) is 5.56 Å². The SMILES string of the molecule is CCNC(=NCC(c1ccc(OC)cc1)N(C)C)NCCCN1CCCC1=O. The summed E-state index contributed by atoms with van der Waals surface area (Å²) in [5.74, 6) is 1.96. The molecule has 0 aromatic heterocycles. The lowest BCUT2D eigenvalue weighted by Gasteiger charge is -2.24. The van der Waals surface area contributed by atoms with Crippen molar-refractivity contribution in [2.45, 2.75) is 32.2 Å². The Morgan fingerprint density at radius 3 is 2.61 bits per heavy atom. The Balaban J connectivity index is 1.89. The molecule has 0 saturated carbocycles. The van der Waals surface area contributed by atoms with Crippen molar-refractivity contribution in [3.05, 3.63) is 29.8 Å². The van der Waals surface area contributed by atoms with Crippen molar-refractivity contribution in [2.75, 3.05) is 53.9 Å².